The molecule has 2 heterocycles. The van der Waals surface area contributed by atoms with Crippen LogP contribution in [0.15, 0.2) is 23.7 Å². The Morgan fingerprint density at radius 3 is 2.81 bits per heavy atom. The van der Waals surface area contributed by atoms with Crippen molar-refractivity contribution in [2.45, 2.75) is 12.8 Å². The van der Waals surface area contributed by atoms with E-state index in [1.165, 1.54) is 18.4 Å². The molecule has 106 valence electrons. The summed E-state index contributed by atoms with van der Waals surface area (Å²) >= 11 is 1.08. The second kappa shape index (κ2) is 6.19. The van der Waals surface area contributed by atoms with Crippen molar-refractivity contribution in [3.63, 3.8) is 0 Å². The van der Waals surface area contributed by atoms with Crippen LogP contribution in [0.2, 0.25) is 0 Å². The number of carbonyl (C=O) groups excluding carboxylic acids is 2. The lowest BCUT2D eigenvalue weighted by Crippen LogP contribution is -2.13. The highest BCUT2D eigenvalue weighted by Crippen LogP contribution is 2.22. The molecule has 1 atom stereocenters. The smallest absolute Gasteiger partial charge is 0.223 e. The Morgan fingerprint density at radius 2 is 2.24 bits per heavy atom. The largest absolute Gasteiger partial charge is 0.302 e. The number of anilines is 1. The minimum Gasteiger partial charge on any atom is -0.302 e. The van der Waals surface area contributed by atoms with Gasteiger partial charge in [0.2, 0.25) is 11.7 Å². The van der Waals surface area contributed by atoms with Gasteiger partial charge in [-0.1, -0.05) is 0 Å². The fraction of sp³-hybridized carbons (Fsp3) is 0.154. The molecular weight excluding hydrogens is 295 g/mol. The van der Waals surface area contributed by atoms with Crippen molar-refractivity contribution >= 4 is 28.2 Å². The van der Waals surface area contributed by atoms with E-state index in [1.54, 1.807) is 0 Å². The quantitative estimate of drug-likeness (QED) is 0.873. The van der Waals surface area contributed by atoms with Crippen molar-refractivity contribution in [1.29, 1.82) is 5.26 Å². The molecule has 1 amide bonds. The molecule has 0 aliphatic carbocycles. The van der Waals surface area contributed by atoms with Crippen LogP contribution in [0.5, 0.6) is 0 Å². The first kappa shape index (κ1) is 14.7. The van der Waals surface area contributed by atoms with E-state index in [2.05, 4.69) is 15.3 Å². The van der Waals surface area contributed by atoms with Gasteiger partial charge in [-0.05, 0) is 12.1 Å². The van der Waals surface area contributed by atoms with Gasteiger partial charge in [-0.15, -0.1) is 11.3 Å². The number of ketones is 1. The zero-order valence-electron chi connectivity index (χ0n) is 10.8. The van der Waals surface area contributed by atoms with Crippen LogP contribution in [0, 0.1) is 17.1 Å². The predicted octanol–water partition coefficient (Wildman–Crippen LogP) is 2.13. The Bertz CT molecular complexity index is 721. The van der Waals surface area contributed by atoms with Crippen LogP contribution < -0.4 is 5.32 Å². The first-order valence-electron chi connectivity index (χ1n) is 5.79. The van der Waals surface area contributed by atoms with Gasteiger partial charge in [-0.2, -0.15) is 5.26 Å². The summed E-state index contributed by atoms with van der Waals surface area (Å²) in [4.78, 5) is 30.8. The second-order valence-electron chi connectivity index (χ2n) is 4.05. The molecule has 0 aliphatic rings. The lowest BCUT2D eigenvalue weighted by atomic mass is 9.99. The van der Waals surface area contributed by atoms with Gasteiger partial charge < -0.3 is 5.32 Å². The zero-order chi connectivity index (χ0) is 15.4. The highest BCUT2D eigenvalue weighted by molar-refractivity contribution is 7.14. The molecule has 0 bridgehead atoms. The van der Waals surface area contributed by atoms with E-state index in [1.807, 2.05) is 6.07 Å². The number of nitrogens with one attached hydrogen (secondary N) is 1. The van der Waals surface area contributed by atoms with Gasteiger partial charge in [0.15, 0.2) is 11.0 Å². The lowest BCUT2D eigenvalue weighted by molar-refractivity contribution is -0.114. The van der Waals surface area contributed by atoms with E-state index < -0.39 is 17.5 Å². The summed E-state index contributed by atoms with van der Waals surface area (Å²) < 4.78 is 12.8. The van der Waals surface area contributed by atoms with Crippen LogP contribution in [-0.4, -0.2) is 21.7 Å². The van der Waals surface area contributed by atoms with Crippen LogP contribution >= 0.6 is 11.3 Å². The lowest BCUT2D eigenvalue weighted by Gasteiger charge is -2.05. The van der Waals surface area contributed by atoms with Gasteiger partial charge in [0.05, 0.1) is 18.0 Å². The molecule has 1 unspecified atom stereocenters. The van der Waals surface area contributed by atoms with E-state index in [-0.39, 0.29) is 22.4 Å². The number of Topliss-reactive ketones (excluding diaryl/α,β-unsaturated/α-hetero) is 1. The normalized spacial score (nSPS) is 11.5. The van der Waals surface area contributed by atoms with Crippen LogP contribution in [-0.2, 0) is 4.79 Å². The van der Waals surface area contributed by atoms with Gasteiger partial charge >= 0.3 is 0 Å². The van der Waals surface area contributed by atoms with Gasteiger partial charge in [-0.25, -0.2) is 9.37 Å². The molecule has 21 heavy (non-hydrogen) atoms. The Kier molecular flexibility index (Phi) is 4.35. The molecular formula is C13H9FN4O2S. The summed E-state index contributed by atoms with van der Waals surface area (Å²) in [5.41, 5.74) is 0.208. The van der Waals surface area contributed by atoms with E-state index in [9.17, 15) is 14.0 Å². The minimum atomic E-state index is -1.17. The standard InChI is InChI=1S/C13H9FN4O2S/c1-7(19)17-13-18-11(6-21-13)12(20)9(4-15)10-3-2-8(14)5-16-10/h2-3,5-6,9H,1H3,(H,17,18,19). The first-order chi connectivity index (χ1) is 10.0. The van der Waals surface area contributed by atoms with E-state index in [0.29, 0.717) is 0 Å². The maximum atomic E-state index is 12.8. The highest BCUT2D eigenvalue weighted by atomic mass is 32.1. The SMILES string of the molecule is CC(=O)Nc1nc(C(=O)C(C#N)c2ccc(F)cn2)cs1. The molecule has 0 aromatic carbocycles. The van der Waals surface area contributed by atoms with Crippen LogP contribution in [0.3, 0.4) is 0 Å². The van der Waals surface area contributed by atoms with Gasteiger partial charge in [-0.3, -0.25) is 14.6 Å². The number of nitrogens with zero attached hydrogens (tertiary/aromatic N) is 3. The van der Waals surface area contributed by atoms with Gasteiger partial charge in [0.25, 0.3) is 0 Å². The number of thiazole rings is 1. The third-order valence-electron chi connectivity index (χ3n) is 2.48. The van der Waals surface area contributed by atoms with Gasteiger partial charge in [0, 0.05) is 12.3 Å². The van der Waals surface area contributed by atoms with E-state index in [0.717, 1.165) is 23.6 Å². The Hall–Kier alpha value is -2.66. The third-order valence-corrected chi connectivity index (χ3v) is 3.23. The number of aromatic nitrogens is 2. The number of rotatable bonds is 4. The molecule has 0 radical (unpaired) electrons. The number of halogens is 1. The van der Waals surface area contributed by atoms with Crippen LogP contribution in [0.4, 0.5) is 9.52 Å². The molecule has 1 N–H and O–H groups in total. The molecule has 0 saturated carbocycles. The average molecular weight is 304 g/mol. The molecule has 2 aromatic rings. The van der Waals surface area contributed by atoms with Crippen molar-refractivity contribution in [1.82, 2.24) is 9.97 Å². The number of amides is 1. The predicted molar refractivity (Wildman–Crippen MR) is 73.3 cm³/mol. The Morgan fingerprint density at radius 1 is 1.48 bits per heavy atom. The number of pyridine rings is 1. The maximum Gasteiger partial charge on any atom is 0.223 e. The molecule has 2 rings (SSSR count). The van der Waals surface area contributed by atoms with E-state index in [4.69, 9.17) is 5.26 Å². The van der Waals surface area contributed by atoms with Crippen molar-refractivity contribution in [3.05, 3.63) is 40.9 Å². The van der Waals surface area contributed by atoms with Crippen LogP contribution in [0.25, 0.3) is 0 Å². The minimum absolute atomic E-state index is 0.0569. The van der Waals surface area contributed by atoms with Crippen LogP contribution in [0.1, 0.15) is 29.0 Å². The van der Waals surface area contributed by atoms with Gasteiger partial charge in [0.1, 0.15) is 11.5 Å². The molecule has 0 saturated heterocycles. The number of hydrogen-bond acceptors (Lipinski definition) is 6. The second-order valence-corrected chi connectivity index (χ2v) is 4.90. The summed E-state index contributed by atoms with van der Waals surface area (Å²) in [7, 11) is 0. The summed E-state index contributed by atoms with van der Waals surface area (Å²) in [6, 6.07) is 4.24. The van der Waals surface area contributed by atoms with Crippen molar-refractivity contribution in [2.24, 2.45) is 0 Å². The maximum absolute atomic E-state index is 12.8. The number of hydrogen-bond donors (Lipinski definition) is 1. The summed E-state index contributed by atoms with van der Waals surface area (Å²) in [6.45, 7) is 1.32. The summed E-state index contributed by atoms with van der Waals surface area (Å²) in [5.74, 6) is -2.58. The molecule has 8 heteroatoms. The zero-order valence-corrected chi connectivity index (χ0v) is 11.6. The fourth-order valence-electron chi connectivity index (χ4n) is 1.56. The van der Waals surface area contributed by atoms with E-state index >= 15 is 0 Å². The summed E-state index contributed by atoms with van der Waals surface area (Å²) in [5, 5.41) is 13.3. The topological polar surface area (TPSA) is 95.7 Å². The molecule has 0 aliphatic heterocycles. The Balaban J connectivity index is 2.24. The number of nitriles is 1. The highest BCUT2D eigenvalue weighted by Gasteiger charge is 2.25. The molecule has 2 aromatic heterocycles. The average Bonchev–Trinajstić information content (AvgIpc) is 2.89. The third kappa shape index (κ3) is 3.46. The first-order valence-corrected chi connectivity index (χ1v) is 6.67. The van der Waals surface area contributed by atoms with Crippen molar-refractivity contribution in [2.75, 3.05) is 5.32 Å². The monoisotopic (exact) mass is 304 g/mol. The fourth-order valence-corrected chi connectivity index (χ4v) is 2.31. The molecule has 0 fully saturated rings. The molecule has 6 nitrogen and oxygen atoms in total. The Labute approximate surface area is 123 Å². The number of carbonyl (C=O) groups is 2. The van der Waals surface area contributed by atoms with Crippen molar-refractivity contribution < 1.29 is 14.0 Å². The molecule has 0 spiro atoms. The summed E-state index contributed by atoms with van der Waals surface area (Å²) in [6.07, 6.45) is 0.941. The van der Waals surface area contributed by atoms with Crippen molar-refractivity contribution in [3.8, 4) is 6.07 Å².